The molecule has 1 aliphatic heterocycles. The van der Waals surface area contributed by atoms with Crippen LogP contribution in [0.3, 0.4) is 0 Å². The van der Waals surface area contributed by atoms with Gasteiger partial charge in [0.15, 0.2) is 0 Å². The summed E-state index contributed by atoms with van der Waals surface area (Å²) in [5.74, 6) is 0.894. The summed E-state index contributed by atoms with van der Waals surface area (Å²) < 4.78 is 7.11. The lowest BCUT2D eigenvalue weighted by Crippen LogP contribution is -2.30. The first-order valence-corrected chi connectivity index (χ1v) is 10.4. The van der Waals surface area contributed by atoms with Crippen LogP contribution in [-0.2, 0) is 6.54 Å². The second-order valence-electron chi connectivity index (χ2n) is 7.42. The molecule has 5 nitrogen and oxygen atoms in total. The molecule has 0 atom stereocenters. The summed E-state index contributed by atoms with van der Waals surface area (Å²) in [6.07, 6.45) is 1.12. The fraction of sp³-hybridized carbons (Fsp3) is 0.348. The van der Waals surface area contributed by atoms with Crippen molar-refractivity contribution in [3.63, 3.8) is 0 Å². The number of methoxy groups -OCH3 is 1. The topological polar surface area (TPSA) is 33.5 Å². The van der Waals surface area contributed by atoms with Crippen LogP contribution in [0, 0.1) is 6.92 Å². The van der Waals surface area contributed by atoms with E-state index in [0.29, 0.717) is 5.15 Å². The van der Waals surface area contributed by atoms with Crippen molar-refractivity contribution in [2.24, 2.45) is 0 Å². The van der Waals surface area contributed by atoms with E-state index in [-0.39, 0.29) is 0 Å². The van der Waals surface area contributed by atoms with E-state index in [9.17, 15) is 0 Å². The number of rotatable bonds is 5. The van der Waals surface area contributed by atoms with Crippen molar-refractivity contribution in [3.05, 3.63) is 71.0 Å². The maximum absolute atomic E-state index is 6.73. The molecule has 29 heavy (non-hydrogen) atoms. The van der Waals surface area contributed by atoms with Gasteiger partial charge in [0.2, 0.25) is 0 Å². The maximum Gasteiger partial charge on any atom is 0.137 e. The van der Waals surface area contributed by atoms with Gasteiger partial charge in [0.05, 0.1) is 18.5 Å². The molecule has 0 bridgehead atoms. The number of benzene rings is 2. The second-order valence-corrected chi connectivity index (χ2v) is 7.77. The van der Waals surface area contributed by atoms with Crippen molar-refractivity contribution in [2.45, 2.75) is 19.9 Å². The molecule has 0 unspecified atom stereocenters. The van der Waals surface area contributed by atoms with E-state index in [0.717, 1.165) is 61.8 Å². The average Bonchev–Trinajstić information content (AvgIpc) is 2.92. The van der Waals surface area contributed by atoms with E-state index in [1.54, 1.807) is 7.11 Å². The predicted molar refractivity (Wildman–Crippen MR) is 118 cm³/mol. The molecule has 0 amide bonds. The van der Waals surface area contributed by atoms with Crippen LogP contribution in [0.1, 0.15) is 17.7 Å². The molecule has 3 aromatic rings. The van der Waals surface area contributed by atoms with Crippen molar-refractivity contribution in [1.82, 2.24) is 14.7 Å². The number of anilines is 1. The highest BCUT2D eigenvalue weighted by Gasteiger charge is 2.20. The van der Waals surface area contributed by atoms with Gasteiger partial charge in [-0.1, -0.05) is 29.8 Å². The Morgan fingerprint density at radius 1 is 0.931 bits per heavy atom. The Kier molecular flexibility index (Phi) is 6.07. The Labute approximate surface area is 177 Å². The molecule has 1 saturated heterocycles. The number of aromatic nitrogens is 2. The molecule has 2 heterocycles. The number of hydrogen-bond donors (Lipinski definition) is 0. The SMILES string of the molecule is COc1ccc(N2CCCN(Cc3c(C)nn(-c4ccccc4)c3Cl)CC2)cc1. The third kappa shape index (κ3) is 4.41. The lowest BCUT2D eigenvalue weighted by molar-refractivity contribution is 0.285. The molecule has 6 heteroatoms. The molecule has 0 aliphatic carbocycles. The fourth-order valence-electron chi connectivity index (χ4n) is 3.86. The molecule has 4 rings (SSSR count). The molecule has 0 radical (unpaired) electrons. The van der Waals surface area contributed by atoms with E-state index in [2.05, 4.69) is 27.0 Å². The van der Waals surface area contributed by atoms with Crippen LogP contribution in [0.2, 0.25) is 5.15 Å². The van der Waals surface area contributed by atoms with Gasteiger partial charge in [0, 0.05) is 44.0 Å². The molecule has 152 valence electrons. The minimum absolute atomic E-state index is 0.713. The first kappa shape index (κ1) is 19.8. The van der Waals surface area contributed by atoms with Crippen LogP contribution in [0.5, 0.6) is 5.75 Å². The van der Waals surface area contributed by atoms with E-state index in [1.165, 1.54) is 5.69 Å². The molecule has 1 aromatic heterocycles. The van der Waals surface area contributed by atoms with Gasteiger partial charge in [0.1, 0.15) is 10.9 Å². The Morgan fingerprint density at radius 2 is 1.69 bits per heavy atom. The van der Waals surface area contributed by atoms with E-state index in [1.807, 2.05) is 54.1 Å². The quantitative estimate of drug-likeness (QED) is 0.617. The van der Waals surface area contributed by atoms with Gasteiger partial charge in [0.25, 0.3) is 0 Å². The maximum atomic E-state index is 6.73. The number of aryl methyl sites for hydroxylation is 1. The summed E-state index contributed by atoms with van der Waals surface area (Å²) >= 11 is 6.73. The summed E-state index contributed by atoms with van der Waals surface area (Å²) in [5.41, 5.74) is 4.36. The van der Waals surface area contributed by atoms with Crippen LogP contribution < -0.4 is 9.64 Å². The Morgan fingerprint density at radius 3 is 2.41 bits per heavy atom. The standard InChI is InChI=1S/C23H27ClN4O/c1-18-22(23(24)28(25-18)20-7-4-3-5-8-20)17-26-13-6-14-27(16-15-26)19-9-11-21(29-2)12-10-19/h3-5,7-12H,6,13-17H2,1-2H3. The smallest absolute Gasteiger partial charge is 0.137 e. The molecule has 0 saturated carbocycles. The highest BCUT2D eigenvalue weighted by Crippen LogP contribution is 2.26. The van der Waals surface area contributed by atoms with Gasteiger partial charge >= 0.3 is 0 Å². The lowest BCUT2D eigenvalue weighted by Gasteiger charge is -2.24. The zero-order valence-corrected chi connectivity index (χ0v) is 17.8. The fourth-order valence-corrected chi connectivity index (χ4v) is 4.19. The second kappa shape index (κ2) is 8.89. The lowest BCUT2D eigenvalue weighted by atomic mass is 10.2. The van der Waals surface area contributed by atoms with Crippen molar-refractivity contribution >= 4 is 17.3 Å². The molecular formula is C23H27ClN4O. The number of hydrogen-bond acceptors (Lipinski definition) is 4. The molecule has 1 aliphatic rings. The highest BCUT2D eigenvalue weighted by molar-refractivity contribution is 6.30. The average molecular weight is 411 g/mol. The first-order chi connectivity index (χ1) is 14.2. The van der Waals surface area contributed by atoms with Gasteiger partial charge in [-0.15, -0.1) is 0 Å². The molecule has 2 aromatic carbocycles. The van der Waals surface area contributed by atoms with E-state index in [4.69, 9.17) is 16.3 Å². The van der Waals surface area contributed by atoms with Crippen LogP contribution in [0.15, 0.2) is 54.6 Å². The molecule has 0 N–H and O–H groups in total. The summed E-state index contributed by atoms with van der Waals surface area (Å²) in [4.78, 5) is 4.93. The third-order valence-electron chi connectivity index (χ3n) is 5.53. The summed E-state index contributed by atoms with van der Waals surface area (Å²) in [6.45, 7) is 6.97. The van der Waals surface area contributed by atoms with Gasteiger partial charge in [-0.2, -0.15) is 5.10 Å². The zero-order valence-electron chi connectivity index (χ0n) is 17.0. The Balaban J connectivity index is 1.45. The largest absolute Gasteiger partial charge is 0.497 e. The normalized spacial score (nSPS) is 15.3. The van der Waals surface area contributed by atoms with E-state index < -0.39 is 0 Å². The minimum atomic E-state index is 0.713. The Hall–Kier alpha value is -2.50. The van der Waals surface area contributed by atoms with Crippen LogP contribution >= 0.6 is 11.6 Å². The van der Waals surface area contributed by atoms with Crippen LogP contribution in [-0.4, -0.2) is 48.0 Å². The number of halogens is 1. The van der Waals surface area contributed by atoms with Crippen molar-refractivity contribution in [1.29, 1.82) is 0 Å². The van der Waals surface area contributed by atoms with E-state index >= 15 is 0 Å². The molecule has 1 fully saturated rings. The number of para-hydroxylation sites is 1. The minimum Gasteiger partial charge on any atom is -0.497 e. The van der Waals surface area contributed by atoms with Crippen LogP contribution in [0.4, 0.5) is 5.69 Å². The van der Waals surface area contributed by atoms with Crippen molar-refractivity contribution in [2.75, 3.05) is 38.2 Å². The monoisotopic (exact) mass is 410 g/mol. The predicted octanol–water partition coefficient (Wildman–Crippen LogP) is 4.56. The van der Waals surface area contributed by atoms with Gasteiger partial charge in [-0.3, -0.25) is 4.90 Å². The number of ether oxygens (including phenoxy) is 1. The van der Waals surface area contributed by atoms with Crippen molar-refractivity contribution < 1.29 is 4.74 Å². The van der Waals surface area contributed by atoms with Gasteiger partial charge < -0.3 is 9.64 Å². The third-order valence-corrected chi connectivity index (χ3v) is 5.92. The molecular weight excluding hydrogens is 384 g/mol. The molecule has 0 spiro atoms. The summed E-state index contributed by atoms with van der Waals surface area (Å²) in [6, 6.07) is 18.4. The van der Waals surface area contributed by atoms with Crippen LogP contribution in [0.25, 0.3) is 5.69 Å². The number of nitrogens with zero attached hydrogens (tertiary/aromatic N) is 4. The zero-order chi connectivity index (χ0) is 20.2. The van der Waals surface area contributed by atoms with Gasteiger partial charge in [-0.05, 0) is 49.7 Å². The van der Waals surface area contributed by atoms with Crippen molar-refractivity contribution in [3.8, 4) is 11.4 Å². The summed E-state index contributed by atoms with van der Waals surface area (Å²) in [5, 5.41) is 5.40. The van der Waals surface area contributed by atoms with Gasteiger partial charge in [-0.25, -0.2) is 4.68 Å². The summed E-state index contributed by atoms with van der Waals surface area (Å²) in [7, 11) is 1.70. The highest BCUT2D eigenvalue weighted by atomic mass is 35.5. The Bertz CT molecular complexity index is 940. The first-order valence-electron chi connectivity index (χ1n) is 10.1.